The van der Waals surface area contributed by atoms with Crippen LogP contribution in [-0.4, -0.2) is 21.3 Å². The van der Waals surface area contributed by atoms with Gasteiger partial charge >= 0.3 is 0 Å². The van der Waals surface area contributed by atoms with E-state index >= 15 is 0 Å². The van der Waals surface area contributed by atoms with Crippen LogP contribution in [0.4, 0.5) is 0 Å². The van der Waals surface area contributed by atoms with Crippen LogP contribution in [-0.2, 0) is 0 Å². The summed E-state index contributed by atoms with van der Waals surface area (Å²) in [5, 5.41) is 0. The highest BCUT2D eigenvalue weighted by molar-refractivity contribution is 7.99. The molecule has 0 atom stereocenters. The highest BCUT2D eigenvalue weighted by atomic mass is 32.2. The Morgan fingerprint density at radius 3 is 1.38 bits per heavy atom. The average molecular weight is 505 g/mol. The molecule has 0 saturated carbocycles. The first-order valence-electron chi connectivity index (χ1n) is 12.0. The Morgan fingerprint density at radius 1 is 0.432 bits per heavy atom. The molecule has 0 saturated heterocycles. The first kappa shape index (κ1) is 24.5. The van der Waals surface area contributed by atoms with Crippen LogP contribution in [0.25, 0.3) is 33.4 Å². The van der Waals surface area contributed by atoms with E-state index in [0.717, 1.165) is 39.5 Å². The number of rotatable bonds is 8. The van der Waals surface area contributed by atoms with Gasteiger partial charge in [-0.25, -0.2) is 0 Å². The molecular formula is C33H28O3S. The summed E-state index contributed by atoms with van der Waals surface area (Å²) in [5.74, 6) is 2.50. The summed E-state index contributed by atoms with van der Waals surface area (Å²) in [6.07, 6.45) is 0. The third-order valence-electron chi connectivity index (χ3n) is 6.30. The molecule has 0 aliphatic heterocycles. The maximum absolute atomic E-state index is 5.46. The molecule has 0 radical (unpaired) electrons. The van der Waals surface area contributed by atoms with E-state index in [2.05, 4.69) is 72.8 Å². The van der Waals surface area contributed by atoms with Crippen molar-refractivity contribution < 1.29 is 14.2 Å². The van der Waals surface area contributed by atoms with Gasteiger partial charge in [0.1, 0.15) is 17.2 Å². The Labute approximate surface area is 222 Å². The summed E-state index contributed by atoms with van der Waals surface area (Å²) < 4.78 is 16.3. The summed E-state index contributed by atoms with van der Waals surface area (Å²) in [6, 6.07) is 39.8. The molecule has 0 aliphatic carbocycles. The second-order valence-corrected chi connectivity index (χ2v) is 9.58. The summed E-state index contributed by atoms with van der Waals surface area (Å²) in [6.45, 7) is 0. The van der Waals surface area contributed by atoms with Gasteiger partial charge in [-0.1, -0.05) is 72.4 Å². The van der Waals surface area contributed by atoms with Crippen LogP contribution in [0.15, 0.2) is 125 Å². The molecule has 0 aliphatic rings. The van der Waals surface area contributed by atoms with Gasteiger partial charge < -0.3 is 14.2 Å². The van der Waals surface area contributed by atoms with E-state index in [9.17, 15) is 0 Å². The molecule has 0 amide bonds. The van der Waals surface area contributed by atoms with E-state index in [1.54, 1.807) is 33.1 Å². The third-order valence-corrected chi connectivity index (χ3v) is 7.36. The minimum Gasteiger partial charge on any atom is -0.497 e. The van der Waals surface area contributed by atoms with Gasteiger partial charge in [-0.2, -0.15) is 0 Å². The van der Waals surface area contributed by atoms with Gasteiger partial charge in [0.15, 0.2) is 0 Å². The van der Waals surface area contributed by atoms with Crippen molar-refractivity contribution in [2.75, 3.05) is 21.3 Å². The fraction of sp³-hybridized carbons (Fsp3) is 0.0909. The Morgan fingerprint density at radius 2 is 0.892 bits per heavy atom. The lowest BCUT2D eigenvalue weighted by atomic mass is 9.87. The van der Waals surface area contributed by atoms with Crippen LogP contribution in [0, 0.1) is 0 Å². The summed E-state index contributed by atoms with van der Waals surface area (Å²) in [4.78, 5) is 2.37. The zero-order valence-corrected chi connectivity index (χ0v) is 21.9. The molecule has 3 nitrogen and oxygen atoms in total. The van der Waals surface area contributed by atoms with Gasteiger partial charge in [0.2, 0.25) is 0 Å². The van der Waals surface area contributed by atoms with Crippen LogP contribution in [0.1, 0.15) is 0 Å². The van der Waals surface area contributed by atoms with Crippen molar-refractivity contribution in [3.8, 4) is 50.6 Å². The maximum Gasteiger partial charge on any atom is 0.118 e. The van der Waals surface area contributed by atoms with Gasteiger partial charge in [-0.3, -0.25) is 0 Å². The Balaban J connectivity index is 1.79. The van der Waals surface area contributed by atoms with Gasteiger partial charge in [0, 0.05) is 15.4 Å². The summed E-state index contributed by atoms with van der Waals surface area (Å²) in [5.41, 5.74) is 6.86. The molecule has 0 unspecified atom stereocenters. The molecular weight excluding hydrogens is 476 g/mol. The molecule has 184 valence electrons. The van der Waals surface area contributed by atoms with E-state index in [1.165, 1.54) is 20.9 Å². The highest BCUT2D eigenvalue weighted by Crippen LogP contribution is 2.47. The fourth-order valence-electron chi connectivity index (χ4n) is 4.40. The van der Waals surface area contributed by atoms with Gasteiger partial charge in [-0.15, -0.1) is 0 Å². The zero-order chi connectivity index (χ0) is 25.6. The molecule has 0 aromatic heterocycles. The fourth-order valence-corrected chi connectivity index (χ4v) is 5.40. The second-order valence-electron chi connectivity index (χ2n) is 8.46. The topological polar surface area (TPSA) is 27.7 Å². The Hall–Kier alpha value is -4.15. The molecule has 5 rings (SSSR count). The molecule has 0 spiro atoms. The molecule has 5 aromatic rings. The Kier molecular flexibility index (Phi) is 7.48. The summed E-state index contributed by atoms with van der Waals surface area (Å²) >= 11 is 1.77. The number of ether oxygens (including phenoxy) is 3. The van der Waals surface area contributed by atoms with Gasteiger partial charge in [0.05, 0.1) is 21.3 Å². The quantitative estimate of drug-likeness (QED) is 0.211. The second kappa shape index (κ2) is 11.3. The van der Waals surface area contributed by atoms with Crippen molar-refractivity contribution in [2.45, 2.75) is 9.79 Å². The molecule has 0 bridgehead atoms. The normalized spacial score (nSPS) is 10.7. The van der Waals surface area contributed by atoms with Crippen LogP contribution < -0.4 is 14.2 Å². The predicted molar refractivity (Wildman–Crippen MR) is 153 cm³/mol. The van der Waals surface area contributed by atoms with Crippen LogP contribution >= 0.6 is 11.8 Å². The highest BCUT2D eigenvalue weighted by Gasteiger charge is 2.19. The van der Waals surface area contributed by atoms with E-state index in [0.29, 0.717) is 0 Å². The number of hydrogen-bond donors (Lipinski definition) is 0. The van der Waals surface area contributed by atoms with Gasteiger partial charge in [-0.05, 0) is 82.4 Å². The standard InChI is InChI=1S/C33H28O3S/c1-34-26-15-9-23(10-16-26)30-21-22-31(37-29-7-5-4-6-8-29)33(25-13-19-28(36-3)20-14-25)32(30)24-11-17-27(35-2)18-12-24/h4-22H,1-3H3. The van der Waals surface area contributed by atoms with Crippen molar-refractivity contribution in [3.63, 3.8) is 0 Å². The number of hydrogen-bond acceptors (Lipinski definition) is 4. The number of methoxy groups -OCH3 is 3. The zero-order valence-electron chi connectivity index (χ0n) is 21.1. The molecule has 37 heavy (non-hydrogen) atoms. The third kappa shape index (κ3) is 5.35. The van der Waals surface area contributed by atoms with E-state index in [1.807, 2.05) is 42.5 Å². The molecule has 0 fully saturated rings. The van der Waals surface area contributed by atoms with Crippen molar-refractivity contribution in [3.05, 3.63) is 115 Å². The van der Waals surface area contributed by atoms with Gasteiger partial charge in [0.25, 0.3) is 0 Å². The Bertz CT molecular complexity index is 1460. The lowest BCUT2D eigenvalue weighted by Crippen LogP contribution is -1.94. The first-order chi connectivity index (χ1) is 18.2. The SMILES string of the molecule is COc1ccc(-c2ccc(Sc3ccccc3)c(-c3ccc(OC)cc3)c2-c2ccc(OC)cc2)cc1. The lowest BCUT2D eigenvalue weighted by molar-refractivity contribution is 0.414. The predicted octanol–water partition coefficient (Wildman–Crippen LogP) is 8.86. The van der Waals surface area contributed by atoms with Crippen LogP contribution in [0.2, 0.25) is 0 Å². The smallest absolute Gasteiger partial charge is 0.118 e. The molecule has 0 N–H and O–H groups in total. The van der Waals surface area contributed by atoms with Crippen LogP contribution in [0.5, 0.6) is 17.2 Å². The lowest BCUT2D eigenvalue weighted by Gasteiger charge is -2.20. The maximum atomic E-state index is 5.46. The molecule has 5 aromatic carbocycles. The molecule has 0 heterocycles. The van der Waals surface area contributed by atoms with Crippen molar-refractivity contribution in [1.82, 2.24) is 0 Å². The summed E-state index contributed by atoms with van der Waals surface area (Å²) in [7, 11) is 5.08. The molecule has 4 heteroatoms. The van der Waals surface area contributed by atoms with Crippen LogP contribution in [0.3, 0.4) is 0 Å². The van der Waals surface area contributed by atoms with E-state index in [-0.39, 0.29) is 0 Å². The monoisotopic (exact) mass is 504 g/mol. The average Bonchev–Trinajstić information content (AvgIpc) is 2.97. The first-order valence-corrected chi connectivity index (χ1v) is 12.8. The number of benzene rings is 5. The largest absolute Gasteiger partial charge is 0.497 e. The van der Waals surface area contributed by atoms with Crippen molar-refractivity contribution in [1.29, 1.82) is 0 Å². The van der Waals surface area contributed by atoms with Crippen molar-refractivity contribution in [2.24, 2.45) is 0 Å². The van der Waals surface area contributed by atoms with Crippen molar-refractivity contribution >= 4 is 11.8 Å². The minimum atomic E-state index is 0.829. The van der Waals surface area contributed by atoms with E-state index in [4.69, 9.17) is 14.2 Å². The minimum absolute atomic E-state index is 0.829. The van der Waals surface area contributed by atoms with E-state index < -0.39 is 0 Å².